The van der Waals surface area contributed by atoms with Gasteiger partial charge in [0.25, 0.3) is 5.91 Å². The monoisotopic (exact) mass is 277 g/mol. The minimum atomic E-state index is -0.341. The average molecular weight is 277 g/mol. The highest BCUT2D eigenvalue weighted by Gasteiger charge is 2.21. The molecule has 0 fully saturated rings. The van der Waals surface area contributed by atoms with Gasteiger partial charge in [0, 0.05) is 19.2 Å². The van der Waals surface area contributed by atoms with E-state index < -0.39 is 0 Å². The van der Waals surface area contributed by atoms with E-state index in [0.717, 1.165) is 11.1 Å². The lowest BCUT2D eigenvalue weighted by molar-refractivity contribution is -0.145. The van der Waals surface area contributed by atoms with E-state index in [2.05, 4.69) is 4.74 Å². The summed E-state index contributed by atoms with van der Waals surface area (Å²) in [5, 5.41) is 0. The summed E-state index contributed by atoms with van der Waals surface area (Å²) in [4.78, 5) is 25.2. The normalized spacial score (nSPS) is 14.6. The van der Waals surface area contributed by atoms with Gasteiger partial charge in [0.2, 0.25) is 0 Å². The van der Waals surface area contributed by atoms with Gasteiger partial charge in [0.05, 0.1) is 26.2 Å². The van der Waals surface area contributed by atoms with Gasteiger partial charge in [-0.2, -0.15) is 0 Å². The molecule has 0 radical (unpaired) electrons. The number of methoxy groups -OCH3 is 1. The van der Waals surface area contributed by atoms with Crippen LogP contribution in [0.5, 0.6) is 0 Å². The summed E-state index contributed by atoms with van der Waals surface area (Å²) in [5.41, 5.74) is 2.81. The Morgan fingerprint density at radius 3 is 2.75 bits per heavy atom. The van der Waals surface area contributed by atoms with E-state index in [0.29, 0.717) is 25.3 Å². The molecule has 0 saturated carbocycles. The molecule has 1 aliphatic rings. The lowest BCUT2D eigenvalue weighted by atomic mass is 10.1. The fourth-order valence-corrected chi connectivity index (χ4v) is 2.29. The minimum Gasteiger partial charge on any atom is -0.469 e. The quantitative estimate of drug-likeness (QED) is 0.784. The van der Waals surface area contributed by atoms with Crippen molar-refractivity contribution in [3.8, 4) is 0 Å². The Kier molecular flexibility index (Phi) is 4.39. The molecule has 2 rings (SSSR count). The van der Waals surface area contributed by atoms with Crippen LogP contribution in [0.4, 0.5) is 0 Å². The maximum Gasteiger partial charge on any atom is 0.310 e. The number of hydrogen-bond acceptors (Lipinski definition) is 4. The van der Waals surface area contributed by atoms with Crippen molar-refractivity contribution in [3.05, 3.63) is 34.9 Å². The molecule has 1 aliphatic heterocycles. The van der Waals surface area contributed by atoms with Gasteiger partial charge in [0.15, 0.2) is 0 Å². The number of ether oxygens (including phenoxy) is 2. The van der Waals surface area contributed by atoms with Crippen LogP contribution in [-0.2, 0) is 27.5 Å². The molecule has 0 aromatic heterocycles. The molecule has 1 unspecified atom stereocenters. The summed E-state index contributed by atoms with van der Waals surface area (Å²) in [6, 6.07) is 5.59. The first-order chi connectivity index (χ1) is 9.52. The molecule has 108 valence electrons. The molecule has 0 aliphatic carbocycles. The first kappa shape index (κ1) is 14.5. The fourth-order valence-electron chi connectivity index (χ4n) is 2.29. The molecule has 0 saturated heterocycles. The van der Waals surface area contributed by atoms with Crippen LogP contribution >= 0.6 is 0 Å². The van der Waals surface area contributed by atoms with E-state index in [4.69, 9.17) is 4.74 Å². The second-order valence-electron chi connectivity index (χ2n) is 5.09. The molecular formula is C15H19NO4. The number of esters is 1. The van der Waals surface area contributed by atoms with Crippen molar-refractivity contribution in [3.63, 3.8) is 0 Å². The third-order valence-corrected chi connectivity index (χ3v) is 3.47. The largest absolute Gasteiger partial charge is 0.469 e. The second-order valence-corrected chi connectivity index (χ2v) is 5.09. The second kappa shape index (κ2) is 6.05. The third kappa shape index (κ3) is 2.99. The molecule has 1 atom stereocenters. The number of carbonyl (C=O) groups excluding carboxylic acids is 2. The van der Waals surface area contributed by atoms with Gasteiger partial charge in [-0.15, -0.1) is 0 Å². The number of amides is 1. The summed E-state index contributed by atoms with van der Waals surface area (Å²) in [6.45, 7) is 3.24. The zero-order valence-electron chi connectivity index (χ0n) is 12.0. The van der Waals surface area contributed by atoms with Crippen molar-refractivity contribution in [2.45, 2.75) is 20.1 Å². The Morgan fingerprint density at radius 2 is 2.05 bits per heavy atom. The standard InChI is InChI=1S/C15H19NO4/c1-10(15(18)19-3)7-16(2)14(17)11-4-5-12-8-20-9-13(12)6-11/h4-6,10H,7-9H2,1-3H3. The van der Waals surface area contributed by atoms with Crippen LogP contribution in [-0.4, -0.2) is 37.5 Å². The Hall–Kier alpha value is -1.88. The van der Waals surface area contributed by atoms with Crippen LogP contribution in [0.15, 0.2) is 18.2 Å². The summed E-state index contributed by atoms with van der Waals surface area (Å²) in [5.74, 6) is -0.755. The molecule has 5 nitrogen and oxygen atoms in total. The maximum absolute atomic E-state index is 12.3. The molecule has 1 aromatic rings. The fraction of sp³-hybridized carbons (Fsp3) is 0.467. The Labute approximate surface area is 118 Å². The Balaban J connectivity index is 2.05. The van der Waals surface area contributed by atoms with Crippen LogP contribution in [0.2, 0.25) is 0 Å². The van der Waals surface area contributed by atoms with Crippen molar-refractivity contribution >= 4 is 11.9 Å². The number of hydrogen-bond donors (Lipinski definition) is 0. The van der Waals surface area contributed by atoms with Gasteiger partial charge in [0.1, 0.15) is 0 Å². The number of rotatable bonds is 4. The zero-order chi connectivity index (χ0) is 14.7. The van der Waals surface area contributed by atoms with Crippen LogP contribution < -0.4 is 0 Å². The molecule has 1 aromatic carbocycles. The molecule has 1 heterocycles. The van der Waals surface area contributed by atoms with E-state index in [1.165, 1.54) is 7.11 Å². The minimum absolute atomic E-state index is 0.101. The topological polar surface area (TPSA) is 55.8 Å². The molecule has 0 spiro atoms. The van der Waals surface area contributed by atoms with E-state index in [1.54, 1.807) is 24.9 Å². The molecule has 0 N–H and O–H groups in total. The van der Waals surface area contributed by atoms with Crippen molar-refractivity contribution < 1.29 is 19.1 Å². The lowest BCUT2D eigenvalue weighted by Gasteiger charge is -2.20. The van der Waals surface area contributed by atoms with E-state index in [1.807, 2.05) is 12.1 Å². The van der Waals surface area contributed by atoms with Gasteiger partial charge in [-0.1, -0.05) is 13.0 Å². The number of carbonyl (C=O) groups is 2. The SMILES string of the molecule is COC(=O)C(C)CN(C)C(=O)c1ccc2c(c1)COC2. The number of nitrogens with zero attached hydrogens (tertiary/aromatic N) is 1. The van der Waals surface area contributed by atoms with Crippen LogP contribution in [0.1, 0.15) is 28.4 Å². The third-order valence-electron chi connectivity index (χ3n) is 3.47. The average Bonchev–Trinajstić information content (AvgIpc) is 2.92. The number of fused-ring (bicyclic) bond motifs is 1. The van der Waals surface area contributed by atoms with Crippen molar-refractivity contribution in [2.75, 3.05) is 20.7 Å². The van der Waals surface area contributed by atoms with Gasteiger partial charge >= 0.3 is 5.97 Å². The Morgan fingerprint density at radius 1 is 1.35 bits per heavy atom. The van der Waals surface area contributed by atoms with Crippen LogP contribution in [0, 0.1) is 5.92 Å². The molecular weight excluding hydrogens is 258 g/mol. The molecule has 0 bridgehead atoms. The van der Waals surface area contributed by atoms with E-state index in [-0.39, 0.29) is 17.8 Å². The van der Waals surface area contributed by atoms with Crippen LogP contribution in [0.3, 0.4) is 0 Å². The summed E-state index contributed by atoms with van der Waals surface area (Å²) in [6.07, 6.45) is 0. The van der Waals surface area contributed by atoms with Gasteiger partial charge in [-0.3, -0.25) is 9.59 Å². The highest BCUT2D eigenvalue weighted by Crippen LogP contribution is 2.21. The van der Waals surface area contributed by atoms with Crippen LogP contribution in [0.25, 0.3) is 0 Å². The molecule has 1 amide bonds. The van der Waals surface area contributed by atoms with Gasteiger partial charge in [-0.25, -0.2) is 0 Å². The number of benzene rings is 1. The highest BCUT2D eigenvalue weighted by atomic mass is 16.5. The van der Waals surface area contributed by atoms with E-state index >= 15 is 0 Å². The summed E-state index contributed by atoms with van der Waals surface area (Å²) >= 11 is 0. The first-order valence-corrected chi connectivity index (χ1v) is 6.55. The summed E-state index contributed by atoms with van der Waals surface area (Å²) < 4.78 is 10.0. The first-order valence-electron chi connectivity index (χ1n) is 6.55. The van der Waals surface area contributed by atoms with E-state index in [9.17, 15) is 9.59 Å². The lowest BCUT2D eigenvalue weighted by Crippen LogP contribution is -2.34. The zero-order valence-corrected chi connectivity index (χ0v) is 12.0. The predicted octanol–water partition coefficient (Wildman–Crippen LogP) is 1.60. The van der Waals surface area contributed by atoms with Gasteiger partial charge < -0.3 is 14.4 Å². The molecule has 5 heteroatoms. The van der Waals surface area contributed by atoms with Crippen molar-refractivity contribution in [1.29, 1.82) is 0 Å². The maximum atomic E-state index is 12.3. The molecule has 20 heavy (non-hydrogen) atoms. The summed E-state index contributed by atoms with van der Waals surface area (Å²) in [7, 11) is 3.03. The predicted molar refractivity (Wildman–Crippen MR) is 73.1 cm³/mol. The van der Waals surface area contributed by atoms with Crippen molar-refractivity contribution in [2.24, 2.45) is 5.92 Å². The highest BCUT2D eigenvalue weighted by molar-refractivity contribution is 5.94. The van der Waals surface area contributed by atoms with Gasteiger partial charge in [-0.05, 0) is 23.3 Å². The Bertz CT molecular complexity index is 527. The van der Waals surface area contributed by atoms with Crippen molar-refractivity contribution in [1.82, 2.24) is 4.90 Å². The smallest absolute Gasteiger partial charge is 0.310 e.